The fourth-order valence-corrected chi connectivity index (χ4v) is 4.15. The highest BCUT2D eigenvalue weighted by Crippen LogP contribution is 2.32. The highest BCUT2D eigenvalue weighted by atomic mass is 79.9. The molecule has 0 atom stereocenters. The van der Waals surface area contributed by atoms with E-state index in [1.54, 1.807) is 0 Å². The molecule has 1 saturated heterocycles. The van der Waals surface area contributed by atoms with Crippen LogP contribution in [0.3, 0.4) is 0 Å². The van der Waals surface area contributed by atoms with Crippen molar-refractivity contribution in [1.29, 1.82) is 0 Å². The van der Waals surface area contributed by atoms with E-state index in [0.29, 0.717) is 0 Å². The number of aromatic nitrogens is 1. The van der Waals surface area contributed by atoms with E-state index in [1.807, 2.05) is 18.3 Å². The molecule has 0 aliphatic carbocycles. The van der Waals surface area contributed by atoms with Crippen molar-refractivity contribution in [2.45, 2.75) is 6.92 Å². The summed E-state index contributed by atoms with van der Waals surface area (Å²) in [4.78, 5) is 9.29. The molecule has 128 valence electrons. The molecule has 0 bridgehead atoms. The number of rotatable bonds is 2. The molecule has 4 rings (SSSR count). The first-order valence-electron chi connectivity index (χ1n) is 8.42. The summed E-state index contributed by atoms with van der Waals surface area (Å²) in [7, 11) is 0. The second kappa shape index (κ2) is 6.64. The van der Waals surface area contributed by atoms with Crippen molar-refractivity contribution < 1.29 is 4.39 Å². The highest BCUT2D eigenvalue weighted by molar-refractivity contribution is 9.10. The maximum absolute atomic E-state index is 13.1. The predicted octanol–water partition coefficient (Wildman–Crippen LogP) is 4.77. The fourth-order valence-electron chi connectivity index (χ4n) is 3.44. The van der Waals surface area contributed by atoms with E-state index in [4.69, 9.17) is 0 Å². The van der Waals surface area contributed by atoms with Crippen LogP contribution in [0.2, 0.25) is 0 Å². The van der Waals surface area contributed by atoms with E-state index in [1.165, 1.54) is 28.5 Å². The predicted molar refractivity (Wildman–Crippen MR) is 105 cm³/mol. The first-order chi connectivity index (χ1) is 12.1. The van der Waals surface area contributed by atoms with Gasteiger partial charge in [-0.1, -0.05) is 15.9 Å². The summed E-state index contributed by atoms with van der Waals surface area (Å²) in [6.45, 7) is 5.70. The van der Waals surface area contributed by atoms with Crippen molar-refractivity contribution in [2.75, 3.05) is 36.0 Å². The highest BCUT2D eigenvalue weighted by Gasteiger charge is 2.20. The number of aryl methyl sites for hydroxylation is 1. The number of pyridine rings is 1. The van der Waals surface area contributed by atoms with Gasteiger partial charge in [0.2, 0.25) is 0 Å². The summed E-state index contributed by atoms with van der Waals surface area (Å²) in [5, 5.41) is 2.38. The second-order valence-corrected chi connectivity index (χ2v) is 7.28. The number of hydrogen-bond donors (Lipinski definition) is 0. The summed E-state index contributed by atoms with van der Waals surface area (Å²) in [5.74, 6) is 0.851. The molecule has 1 aliphatic heterocycles. The molecule has 0 radical (unpaired) electrons. The zero-order valence-electron chi connectivity index (χ0n) is 14.0. The summed E-state index contributed by atoms with van der Waals surface area (Å²) in [6, 6.07) is 13.1. The van der Waals surface area contributed by atoms with Crippen molar-refractivity contribution in [1.82, 2.24) is 4.98 Å². The van der Waals surface area contributed by atoms with Crippen LogP contribution in [0, 0.1) is 12.7 Å². The van der Waals surface area contributed by atoms with Gasteiger partial charge in [0.15, 0.2) is 0 Å². The summed E-state index contributed by atoms with van der Waals surface area (Å²) < 4.78 is 14.2. The van der Waals surface area contributed by atoms with Crippen LogP contribution < -0.4 is 9.80 Å². The number of nitrogens with zero attached hydrogens (tertiary/aromatic N) is 3. The monoisotopic (exact) mass is 399 g/mol. The Morgan fingerprint density at radius 1 is 0.920 bits per heavy atom. The Bertz CT molecular complexity index is 903. The molecule has 0 spiro atoms. The van der Waals surface area contributed by atoms with Gasteiger partial charge >= 0.3 is 0 Å². The molecule has 0 N–H and O–H groups in total. The molecule has 3 nitrogen and oxygen atoms in total. The summed E-state index contributed by atoms with van der Waals surface area (Å²) >= 11 is 3.67. The lowest BCUT2D eigenvalue weighted by molar-refractivity contribution is 0.624. The molecular formula is C20H19BrFN3. The van der Waals surface area contributed by atoms with E-state index in [0.717, 1.165) is 42.2 Å². The number of anilines is 2. The standard InChI is InChI=1S/C20H19BrFN3/c1-14-12-18-17(19(21)13-14)6-7-23-20(18)25-10-8-24(9-11-25)16-4-2-15(22)3-5-16/h2-7,12-13H,8-11H2,1H3. The molecule has 0 unspecified atom stereocenters. The first kappa shape index (κ1) is 16.3. The van der Waals surface area contributed by atoms with Crippen LogP contribution in [0.25, 0.3) is 10.8 Å². The molecule has 1 aromatic heterocycles. The van der Waals surface area contributed by atoms with Gasteiger partial charge in [0.25, 0.3) is 0 Å². The van der Waals surface area contributed by atoms with Crippen LogP contribution in [-0.4, -0.2) is 31.2 Å². The third kappa shape index (κ3) is 3.21. The van der Waals surface area contributed by atoms with Crippen LogP contribution in [0.15, 0.2) is 53.1 Å². The van der Waals surface area contributed by atoms with E-state index in [2.05, 4.69) is 55.8 Å². The minimum Gasteiger partial charge on any atom is -0.368 e. The Labute approximate surface area is 155 Å². The maximum atomic E-state index is 13.1. The van der Waals surface area contributed by atoms with Gasteiger partial charge in [0.05, 0.1) is 0 Å². The molecule has 2 aromatic carbocycles. The van der Waals surface area contributed by atoms with Gasteiger partial charge in [-0.3, -0.25) is 0 Å². The lowest BCUT2D eigenvalue weighted by atomic mass is 10.1. The zero-order chi connectivity index (χ0) is 17.4. The van der Waals surface area contributed by atoms with Crippen LogP contribution in [0.1, 0.15) is 5.56 Å². The van der Waals surface area contributed by atoms with Gasteiger partial charge in [-0.2, -0.15) is 0 Å². The van der Waals surface area contributed by atoms with Gasteiger partial charge in [-0.15, -0.1) is 0 Å². The Kier molecular flexibility index (Phi) is 4.34. The van der Waals surface area contributed by atoms with Crippen LogP contribution >= 0.6 is 15.9 Å². The number of piperazine rings is 1. The molecule has 25 heavy (non-hydrogen) atoms. The molecule has 0 saturated carbocycles. The lowest BCUT2D eigenvalue weighted by Crippen LogP contribution is -2.46. The number of benzene rings is 2. The van der Waals surface area contributed by atoms with Gasteiger partial charge < -0.3 is 9.80 Å². The molecule has 2 heterocycles. The van der Waals surface area contributed by atoms with Gasteiger partial charge in [-0.25, -0.2) is 9.37 Å². The number of hydrogen-bond acceptors (Lipinski definition) is 3. The van der Waals surface area contributed by atoms with Crippen molar-refractivity contribution in [2.24, 2.45) is 0 Å². The van der Waals surface area contributed by atoms with Crippen LogP contribution in [-0.2, 0) is 0 Å². The van der Waals surface area contributed by atoms with E-state index in [9.17, 15) is 4.39 Å². The normalized spacial score (nSPS) is 15.0. The summed E-state index contributed by atoms with van der Waals surface area (Å²) in [6.07, 6.45) is 1.88. The quantitative estimate of drug-likeness (QED) is 0.618. The molecular weight excluding hydrogens is 381 g/mol. The molecule has 3 aromatic rings. The van der Waals surface area contributed by atoms with Crippen molar-refractivity contribution >= 4 is 38.2 Å². The van der Waals surface area contributed by atoms with Crippen molar-refractivity contribution in [3.63, 3.8) is 0 Å². The van der Waals surface area contributed by atoms with E-state index < -0.39 is 0 Å². The van der Waals surface area contributed by atoms with Crippen LogP contribution in [0.4, 0.5) is 15.9 Å². The first-order valence-corrected chi connectivity index (χ1v) is 9.21. The second-order valence-electron chi connectivity index (χ2n) is 6.43. The molecule has 1 aliphatic rings. The Balaban J connectivity index is 1.59. The third-order valence-corrected chi connectivity index (χ3v) is 5.38. The summed E-state index contributed by atoms with van der Waals surface area (Å²) in [5.41, 5.74) is 2.30. The third-order valence-electron chi connectivity index (χ3n) is 4.72. The minimum absolute atomic E-state index is 0.191. The minimum atomic E-state index is -0.191. The number of fused-ring (bicyclic) bond motifs is 1. The molecule has 5 heteroatoms. The topological polar surface area (TPSA) is 19.4 Å². The smallest absolute Gasteiger partial charge is 0.136 e. The van der Waals surface area contributed by atoms with E-state index >= 15 is 0 Å². The average molecular weight is 400 g/mol. The Morgan fingerprint density at radius 3 is 2.32 bits per heavy atom. The van der Waals surface area contributed by atoms with Crippen LogP contribution in [0.5, 0.6) is 0 Å². The van der Waals surface area contributed by atoms with Gasteiger partial charge in [0, 0.05) is 53.3 Å². The SMILES string of the molecule is Cc1cc(Br)c2ccnc(N3CCN(c4ccc(F)cc4)CC3)c2c1. The maximum Gasteiger partial charge on any atom is 0.136 e. The van der Waals surface area contributed by atoms with E-state index in [-0.39, 0.29) is 5.82 Å². The molecule has 1 fully saturated rings. The Hall–Kier alpha value is -2.14. The van der Waals surface area contributed by atoms with Gasteiger partial charge in [0.1, 0.15) is 11.6 Å². The van der Waals surface area contributed by atoms with Crippen molar-refractivity contribution in [3.8, 4) is 0 Å². The average Bonchev–Trinajstić information content (AvgIpc) is 2.62. The Morgan fingerprint density at radius 2 is 1.60 bits per heavy atom. The number of halogens is 2. The zero-order valence-corrected chi connectivity index (χ0v) is 15.6. The van der Waals surface area contributed by atoms with Crippen molar-refractivity contribution in [3.05, 3.63) is 64.5 Å². The lowest BCUT2D eigenvalue weighted by Gasteiger charge is -2.37. The largest absolute Gasteiger partial charge is 0.368 e. The van der Waals surface area contributed by atoms with Gasteiger partial charge in [-0.05, 0) is 55.0 Å². The molecule has 0 amide bonds. The fraction of sp³-hybridized carbons (Fsp3) is 0.250.